The third kappa shape index (κ3) is 3.66. The van der Waals surface area contributed by atoms with Gasteiger partial charge in [-0.05, 0) is 19.8 Å². The van der Waals surface area contributed by atoms with Crippen molar-refractivity contribution >= 4 is 22.9 Å². The first-order valence-electron chi connectivity index (χ1n) is 9.35. The second-order valence-corrected chi connectivity index (χ2v) is 7.10. The van der Waals surface area contributed by atoms with E-state index in [2.05, 4.69) is 4.98 Å². The number of methoxy groups -OCH3 is 1. The molecule has 9 nitrogen and oxygen atoms in total. The van der Waals surface area contributed by atoms with Gasteiger partial charge < -0.3 is 23.5 Å². The van der Waals surface area contributed by atoms with Gasteiger partial charge >= 0.3 is 0 Å². The second-order valence-electron chi connectivity index (χ2n) is 7.10. The van der Waals surface area contributed by atoms with Gasteiger partial charge in [-0.25, -0.2) is 4.98 Å². The first-order chi connectivity index (χ1) is 13.3. The predicted molar refractivity (Wildman–Crippen MR) is 102 cm³/mol. The van der Waals surface area contributed by atoms with Crippen molar-refractivity contribution in [2.45, 2.75) is 32.7 Å². The van der Waals surface area contributed by atoms with Crippen LogP contribution < -0.4 is 5.56 Å². The van der Waals surface area contributed by atoms with E-state index in [0.717, 1.165) is 0 Å². The number of hydrogen-bond donors (Lipinski definition) is 0. The van der Waals surface area contributed by atoms with Crippen LogP contribution >= 0.6 is 0 Å². The standard InChI is InChI=1S/C19H26N4O5/c1-12-15(16-17(28-12)20-11-21(3)18(16)25)19(26)23(9-10-27-4)14-5-7-22(8-6-14)13(2)24/h11,14H,5-10H2,1-4H3. The summed E-state index contributed by atoms with van der Waals surface area (Å²) in [5, 5.41) is 0.205. The number of aryl methyl sites for hydroxylation is 2. The SMILES string of the molecule is COCCN(C(=O)c1c(C)oc2ncn(C)c(=O)c12)C1CCN(C(C)=O)CC1. The van der Waals surface area contributed by atoms with E-state index < -0.39 is 0 Å². The fraction of sp³-hybridized carbons (Fsp3) is 0.579. The summed E-state index contributed by atoms with van der Waals surface area (Å²) < 4.78 is 12.1. The Bertz CT molecular complexity index is 940. The summed E-state index contributed by atoms with van der Waals surface area (Å²) in [7, 11) is 3.17. The Hall–Kier alpha value is -2.68. The van der Waals surface area contributed by atoms with Gasteiger partial charge in [-0.2, -0.15) is 0 Å². The van der Waals surface area contributed by atoms with Gasteiger partial charge in [0.1, 0.15) is 17.5 Å². The normalized spacial score (nSPS) is 15.2. The molecular weight excluding hydrogens is 364 g/mol. The largest absolute Gasteiger partial charge is 0.442 e. The molecule has 1 aliphatic heterocycles. The lowest BCUT2D eigenvalue weighted by Gasteiger charge is -2.38. The molecule has 3 heterocycles. The first kappa shape index (κ1) is 20.1. The topological polar surface area (TPSA) is 97.9 Å². The van der Waals surface area contributed by atoms with Crippen molar-refractivity contribution in [1.82, 2.24) is 19.4 Å². The highest BCUT2D eigenvalue weighted by Crippen LogP contribution is 2.25. The van der Waals surface area contributed by atoms with Gasteiger partial charge in [-0.1, -0.05) is 0 Å². The van der Waals surface area contributed by atoms with Crippen LogP contribution in [0, 0.1) is 6.92 Å². The van der Waals surface area contributed by atoms with Crippen molar-refractivity contribution in [3.63, 3.8) is 0 Å². The van der Waals surface area contributed by atoms with Crippen LogP contribution in [0.25, 0.3) is 11.1 Å². The molecule has 28 heavy (non-hydrogen) atoms. The van der Waals surface area contributed by atoms with Crippen molar-refractivity contribution in [2.75, 3.05) is 33.4 Å². The average molecular weight is 390 g/mol. The summed E-state index contributed by atoms with van der Waals surface area (Å²) in [5.41, 5.74) is 0.110. The zero-order chi connectivity index (χ0) is 20.4. The molecule has 2 aromatic heterocycles. The van der Waals surface area contributed by atoms with E-state index in [9.17, 15) is 14.4 Å². The lowest BCUT2D eigenvalue weighted by Crippen LogP contribution is -2.49. The Morgan fingerprint density at radius 2 is 2.04 bits per heavy atom. The van der Waals surface area contributed by atoms with Crippen LogP contribution in [0.15, 0.2) is 15.5 Å². The molecule has 2 amide bonds. The van der Waals surface area contributed by atoms with Crippen molar-refractivity contribution in [1.29, 1.82) is 0 Å². The van der Waals surface area contributed by atoms with E-state index >= 15 is 0 Å². The Balaban J connectivity index is 1.96. The fourth-order valence-corrected chi connectivity index (χ4v) is 3.72. The van der Waals surface area contributed by atoms with Crippen molar-refractivity contribution < 1.29 is 18.7 Å². The predicted octanol–water partition coefficient (Wildman–Crippen LogP) is 0.934. The summed E-state index contributed by atoms with van der Waals surface area (Å²) in [4.78, 5) is 45.3. The molecule has 0 atom stereocenters. The van der Waals surface area contributed by atoms with E-state index in [0.29, 0.717) is 44.8 Å². The molecule has 0 aliphatic carbocycles. The minimum absolute atomic E-state index is 0.0388. The number of furan rings is 1. The number of aromatic nitrogens is 2. The van der Waals surface area contributed by atoms with Crippen LogP contribution in [0.4, 0.5) is 0 Å². The average Bonchev–Trinajstić information content (AvgIpc) is 3.02. The van der Waals surface area contributed by atoms with Crippen molar-refractivity contribution in [3.05, 3.63) is 28.0 Å². The zero-order valence-electron chi connectivity index (χ0n) is 16.7. The van der Waals surface area contributed by atoms with Crippen LogP contribution in [0.3, 0.4) is 0 Å². The van der Waals surface area contributed by atoms with Crippen molar-refractivity contribution in [3.8, 4) is 0 Å². The Morgan fingerprint density at radius 3 is 2.64 bits per heavy atom. The number of ether oxygens (including phenoxy) is 1. The maximum Gasteiger partial charge on any atom is 0.265 e. The molecule has 1 fully saturated rings. The molecule has 0 bridgehead atoms. The number of likely N-dealkylation sites (tertiary alicyclic amines) is 1. The van der Waals surface area contributed by atoms with E-state index in [1.54, 1.807) is 37.8 Å². The summed E-state index contributed by atoms with van der Waals surface area (Å²) >= 11 is 0. The molecule has 2 aromatic rings. The minimum atomic E-state index is -0.316. The summed E-state index contributed by atoms with van der Waals surface area (Å²) in [5.74, 6) is 0.151. The lowest BCUT2D eigenvalue weighted by atomic mass is 10.0. The van der Waals surface area contributed by atoms with Crippen LogP contribution in [0.1, 0.15) is 35.9 Å². The zero-order valence-corrected chi connectivity index (χ0v) is 16.7. The molecule has 0 unspecified atom stereocenters. The third-order valence-corrected chi connectivity index (χ3v) is 5.31. The molecule has 1 saturated heterocycles. The quantitative estimate of drug-likeness (QED) is 0.753. The summed E-state index contributed by atoms with van der Waals surface area (Å²) in [6, 6.07) is -0.0388. The Morgan fingerprint density at radius 1 is 1.36 bits per heavy atom. The van der Waals surface area contributed by atoms with Gasteiger partial charge in [0, 0.05) is 46.8 Å². The monoisotopic (exact) mass is 390 g/mol. The number of carbonyl (C=O) groups is 2. The Labute approximate surface area is 162 Å². The van der Waals surface area contributed by atoms with Gasteiger partial charge in [0.05, 0.1) is 12.2 Å². The highest BCUT2D eigenvalue weighted by atomic mass is 16.5. The molecule has 0 saturated carbocycles. The molecule has 3 rings (SSSR count). The number of rotatable bonds is 5. The highest BCUT2D eigenvalue weighted by molar-refractivity contribution is 6.06. The summed E-state index contributed by atoms with van der Waals surface area (Å²) in [6.45, 7) is 5.20. The number of amides is 2. The van der Waals surface area contributed by atoms with E-state index in [4.69, 9.17) is 9.15 Å². The smallest absolute Gasteiger partial charge is 0.265 e. The fourth-order valence-electron chi connectivity index (χ4n) is 3.72. The van der Waals surface area contributed by atoms with E-state index in [1.165, 1.54) is 10.9 Å². The number of fused-ring (bicyclic) bond motifs is 1. The molecule has 152 valence electrons. The van der Waals surface area contributed by atoms with Gasteiger partial charge in [-0.15, -0.1) is 0 Å². The highest BCUT2D eigenvalue weighted by Gasteiger charge is 2.32. The number of hydrogen-bond acceptors (Lipinski definition) is 6. The van der Waals surface area contributed by atoms with Crippen LogP contribution in [-0.4, -0.2) is 70.6 Å². The molecule has 1 aliphatic rings. The molecule has 0 aromatic carbocycles. The molecule has 0 radical (unpaired) electrons. The molecule has 0 N–H and O–H groups in total. The number of carbonyl (C=O) groups excluding carboxylic acids is 2. The second kappa shape index (κ2) is 8.14. The Kier molecular flexibility index (Phi) is 5.83. The van der Waals surface area contributed by atoms with E-state index in [1.807, 2.05) is 0 Å². The number of piperidine rings is 1. The van der Waals surface area contributed by atoms with Crippen LogP contribution in [0.5, 0.6) is 0 Å². The first-order valence-corrected chi connectivity index (χ1v) is 9.35. The minimum Gasteiger partial charge on any atom is -0.442 e. The maximum absolute atomic E-state index is 13.5. The van der Waals surface area contributed by atoms with Gasteiger partial charge in [0.25, 0.3) is 11.5 Å². The van der Waals surface area contributed by atoms with Gasteiger partial charge in [0.15, 0.2) is 0 Å². The van der Waals surface area contributed by atoms with Gasteiger partial charge in [-0.3, -0.25) is 14.4 Å². The van der Waals surface area contributed by atoms with Gasteiger partial charge in [0.2, 0.25) is 11.6 Å². The summed E-state index contributed by atoms with van der Waals surface area (Å²) in [6.07, 6.45) is 2.74. The molecule has 0 spiro atoms. The molecular formula is C19H26N4O5. The van der Waals surface area contributed by atoms with Crippen molar-refractivity contribution in [2.24, 2.45) is 7.05 Å². The lowest BCUT2D eigenvalue weighted by molar-refractivity contribution is -0.130. The maximum atomic E-state index is 13.5. The third-order valence-electron chi connectivity index (χ3n) is 5.31. The number of nitrogens with zero attached hydrogens (tertiary/aromatic N) is 4. The van der Waals surface area contributed by atoms with E-state index in [-0.39, 0.29) is 40.1 Å². The van der Waals surface area contributed by atoms with Crippen LogP contribution in [0.2, 0.25) is 0 Å². The van der Waals surface area contributed by atoms with Crippen LogP contribution in [-0.2, 0) is 16.6 Å². The molecule has 9 heteroatoms.